The second-order valence-corrected chi connectivity index (χ2v) is 5.08. The van der Waals surface area contributed by atoms with E-state index in [4.69, 9.17) is 0 Å². The fraction of sp³-hybridized carbons (Fsp3) is 0.188. The molecule has 21 heavy (non-hydrogen) atoms. The molecule has 3 rings (SSSR count). The van der Waals surface area contributed by atoms with E-state index in [1.165, 1.54) is 9.08 Å². The second kappa shape index (κ2) is 5.01. The van der Waals surface area contributed by atoms with Gasteiger partial charge in [0.1, 0.15) is 5.52 Å². The minimum absolute atomic E-state index is 0.0322. The van der Waals surface area contributed by atoms with Crippen molar-refractivity contribution in [3.63, 3.8) is 0 Å². The number of carbonyl (C=O) groups excluding carboxylic acids is 1. The first-order valence-corrected chi connectivity index (χ1v) is 6.70. The van der Waals surface area contributed by atoms with E-state index in [9.17, 15) is 9.59 Å². The summed E-state index contributed by atoms with van der Waals surface area (Å²) < 4.78 is 2.96. The molecule has 0 N–H and O–H groups in total. The zero-order chi connectivity index (χ0) is 15.0. The number of Topliss-reactive ketones (excluding diaryl/α,β-unsaturated/α-hetero) is 1. The number of fused-ring (bicyclic) bond motifs is 1. The average Bonchev–Trinajstić information content (AvgIpc) is 2.84. The van der Waals surface area contributed by atoms with Crippen molar-refractivity contribution in [2.45, 2.75) is 20.4 Å². The van der Waals surface area contributed by atoms with Crippen molar-refractivity contribution < 1.29 is 4.79 Å². The highest BCUT2D eigenvalue weighted by molar-refractivity contribution is 5.97. The highest BCUT2D eigenvalue weighted by atomic mass is 16.1. The van der Waals surface area contributed by atoms with Gasteiger partial charge in [0.05, 0.1) is 12.2 Å². The maximum atomic E-state index is 12.3. The highest BCUT2D eigenvalue weighted by Gasteiger charge is 2.12. The molecule has 2 heterocycles. The first-order valence-electron chi connectivity index (χ1n) is 6.70. The molecule has 2 aromatic heterocycles. The summed E-state index contributed by atoms with van der Waals surface area (Å²) in [6, 6.07) is 9.10. The van der Waals surface area contributed by atoms with E-state index in [-0.39, 0.29) is 17.9 Å². The number of ketones is 1. The maximum Gasteiger partial charge on any atom is 0.276 e. The number of carbonyl (C=O) groups is 1. The molecule has 1 aromatic carbocycles. The molecule has 0 aliphatic heterocycles. The Labute approximate surface area is 121 Å². The molecule has 0 atom stereocenters. The number of aryl methyl sites for hydroxylation is 2. The SMILES string of the molecule is Cc1cc2c(=O)n(CC(=O)c3ccccc3C)ccn2n1. The van der Waals surface area contributed by atoms with Crippen molar-refractivity contribution in [3.8, 4) is 0 Å². The van der Waals surface area contributed by atoms with Crippen LogP contribution in [0.15, 0.2) is 47.5 Å². The molecule has 0 saturated carbocycles. The monoisotopic (exact) mass is 281 g/mol. The van der Waals surface area contributed by atoms with Gasteiger partial charge in [-0.1, -0.05) is 24.3 Å². The topological polar surface area (TPSA) is 56.4 Å². The lowest BCUT2D eigenvalue weighted by atomic mass is 10.1. The Hall–Kier alpha value is -2.69. The number of aromatic nitrogens is 3. The molecule has 3 aromatic rings. The third-order valence-corrected chi connectivity index (χ3v) is 3.49. The van der Waals surface area contributed by atoms with Gasteiger partial charge in [0.25, 0.3) is 5.56 Å². The van der Waals surface area contributed by atoms with Crippen LogP contribution in [0.3, 0.4) is 0 Å². The van der Waals surface area contributed by atoms with Crippen molar-refractivity contribution in [2.75, 3.05) is 0 Å². The molecule has 0 spiro atoms. The van der Waals surface area contributed by atoms with Crippen molar-refractivity contribution >= 4 is 11.3 Å². The average molecular weight is 281 g/mol. The smallest absolute Gasteiger partial charge is 0.276 e. The van der Waals surface area contributed by atoms with Crippen LogP contribution in [0.2, 0.25) is 0 Å². The molecule has 0 amide bonds. The van der Waals surface area contributed by atoms with Gasteiger partial charge in [-0.15, -0.1) is 0 Å². The number of nitrogens with zero attached hydrogens (tertiary/aromatic N) is 3. The number of benzene rings is 1. The number of rotatable bonds is 3. The van der Waals surface area contributed by atoms with Crippen LogP contribution in [0.25, 0.3) is 5.52 Å². The lowest BCUT2D eigenvalue weighted by Gasteiger charge is -2.07. The van der Waals surface area contributed by atoms with E-state index >= 15 is 0 Å². The van der Waals surface area contributed by atoms with Crippen LogP contribution in [0.5, 0.6) is 0 Å². The molecule has 0 fully saturated rings. The zero-order valence-corrected chi connectivity index (χ0v) is 11.9. The Morgan fingerprint density at radius 2 is 1.95 bits per heavy atom. The van der Waals surface area contributed by atoms with E-state index in [2.05, 4.69) is 5.10 Å². The molecule has 0 unspecified atom stereocenters. The third kappa shape index (κ3) is 2.38. The molecule has 0 radical (unpaired) electrons. The lowest BCUT2D eigenvalue weighted by molar-refractivity contribution is 0.0970. The molecule has 0 aliphatic carbocycles. The predicted octanol–water partition coefficient (Wildman–Crippen LogP) is 2.00. The van der Waals surface area contributed by atoms with Gasteiger partial charge in [-0.2, -0.15) is 5.10 Å². The standard InChI is InChI=1S/C16H15N3O2/c1-11-5-3-4-6-13(11)15(20)10-18-7-8-19-14(16(18)21)9-12(2)17-19/h3-9H,10H2,1-2H3. The maximum absolute atomic E-state index is 12.3. The summed E-state index contributed by atoms with van der Waals surface area (Å²) in [7, 11) is 0. The van der Waals surface area contributed by atoms with Crippen molar-refractivity contribution in [3.05, 3.63) is 69.9 Å². The minimum atomic E-state index is -0.208. The first kappa shape index (κ1) is 13.3. The summed E-state index contributed by atoms with van der Waals surface area (Å²) in [6.45, 7) is 3.75. The molecular weight excluding hydrogens is 266 g/mol. The molecule has 5 heteroatoms. The lowest BCUT2D eigenvalue weighted by Crippen LogP contribution is -2.25. The van der Waals surface area contributed by atoms with Crippen molar-refractivity contribution in [2.24, 2.45) is 0 Å². The van der Waals surface area contributed by atoms with Crippen LogP contribution >= 0.6 is 0 Å². The van der Waals surface area contributed by atoms with Crippen LogP contribution in [-0.2, 0) is 6.54 Å². The molecule has 0 saturated heterocycles. The molecule has 5 nitrogen and oxygen atoms in total. The Bertz CT molecular complexity index is 890. The van der Waals surface area contributed by atoms with Crippen molar-refractivity contribution in [1.82, 2.24) is 14.2 Å². The quantitative estimate of drug-likeness (QED) is 0.690. The summed E-state index contributed by atoms with van der Waals surface area (Å²) in [5, 5.41) is 4.18. The summed E-state index contributed by atoms with van der Waals surface area (Å²) in [6.07, 6.45) is 3.28. The van der Waals surface area contributed by atoms with Crippen LogP contribution in [0, 0.1) is 13.8 Å². The number of hydrogen-bond donors (Lipinski definition) is 0. The van der Waals surface area contributed by atoms with Crippen LogP contribution in [0.1, 0.15) is 21.6 Å². The van der Waals surface area contributed by atoms with Gasteiger partial charge in [0, 0.05) is 18.0 Å². The zero-order valence-electron chi connectivity index (χ0n) is 11.9. The summed E-state index contributed by atoms with van der Waals surface area (Å²) in [5.74, 6) is -0.0733. The predicted molar refractivity (Wildman–Crippen MR) is 79.7 cm³/mol. The Balaban J connectivity index is 1.99. The Morgan fingerprint density at radius 3 is 2.71 bits per heavy atom. The van der Waals surface area contributed by atoms with Gasteiger partial charge in [-0.3, -0.25) is 9.59 Å². The van der Waals surface area contributed by atoms with Crippen LogP contribution < -0.4 is 5.56 Å². The van der Waals surface area contributed by atoms with E-state index < -0.39 is 0 Å². The fourth-order valence-electron chi connectivity index (χ4n) is 2.40. The molecular formula is C16H15N3O2. The van der Waals surface area contributed by atoms with Gasteiger partial charge in [0.15, 0.2) is 5.78 Å². The molecule has 106 valence electrons. The van der Waals surface area contributed by atoms with Crippen molar-refractivity contribution in [1.29, 1.82) is 0 Å². The third-order valence-electron chi connectivity index (χ3n) is 3.49. The Kier molecular flexibility index (Phi) is 3.17. The largest absolute Gasteiger partial charge is 0.304 e. The van der Waals surface area contributed by atoms with Gasteiger partial charge in [-0.05, 0) is 25.5 Å². The van der Waals surface area contributed by atoms with E-state index in [0.29, 0.717) is 11.1 Å². The van der Waals surface area contributed by atoms with E-state index in [1.807, 2.05) is 32.0 Å². The highest BCUT2D eigenvalue weighted by Crippen LogP contribution is 2.09. The van der Waals surface area contributed by atoms with Gasteiger partial charge in [0.2, 0.25) is 0 Å². The van der Waals surface area contributed by atoms with Crippen LogP contribution in [0.4, 0.5) is 0 Å². The van der Waals surface area contributed by atoms with E-state index in [1.54, 1.807) is 24.5 Å². The van der Waals surface area contributed by atoms with Gasteiger partial charge >= 0.3 is 0 Å². The minimum Gasteiger partial charge on any atom is -0.304 e. The summed E-state index contributed by atoms with van der Waals surface area (Å²) in [4.78, 5) is 24.7. The molecule has 0 aliphatic rings. The van der Waals surface area contributed by atoms with Gasteiger partial charge in [-0.25, -0.2) is 4.52 Å². The summed E-state index contributed by atoms with van der Waals surface area (Å²) in [5.41, 5.74) is 2.61. The first-order chi connectivity index (χ1) is 10.1. The van der Waals surface area contributed by atoms with Crippen LogP contribution in [-0.4, -0.2) is 20.0 Å². The summed E-state index contributed by atoms with van der Waals surface area (Å²) >= 11 is 0. The Morgan fingerprint density at radius 1 is 1.19 bits per heavy atom. The van der Waals surface area contributed by atoms with E-state index in [0.717, 1.165) is 11.3 Å². The second-order valence-electron chi connectivity index (χ2n) is 5.08. The number of hydrogen-bond acceptors (Lipinski definition) is 3. The fourth-order valence-corrected chi connectivity index (χ4v) is 2.40. The van der Waals surface area contributed by atoms with Gasteiger partial charge < -0.3 is 4.57 Å². The normalized spacial score (nSPS) is 11.0. The molecule has 0 bridgehead atoms.